The van der Waals surface area contributed by atoms with Gasteiger partial charge >= 0.3 is 0 Å². The summed E-state index contributed by atoms with van der Waals surface area (Å²) in [5, 5.41) is 9.25. The maximum Gasteiger partial charge on any atom is 0.261 e. The smallest absolute Gasteiger partial charge is 0.261 e. The van der Waals surface area contributed by atoms with E-state index in [1.807, 2.05) is 32.9 Å². The van der Waals surface area contributed by atoms with Gasteiger partial charge in [-0.1, -0.05) is 39.0 Å². The molecule has 0 aliphatic rings. The second-order valence-electron chi connectivity index (χ2n) is 5.89. The molecule has 0 aliphatic carbocycles. The van der Waals surface area contributed by atoms with Gasteiger partial charge in [0.25, 0.3) is 10.0 Å². The van der Waals surface area contributed by atoms with Gasteiger partial charge in [-0.25, -0.2) is 8.42 Å². The Hall–Kier alpha value is -2.01. The Kier molecular flexibility index (Phi) is 3.96. The topological polar surface area (TPSA) is 66.4 Å². The standard InChI is InChI=1S/C16H19NO3S/c1-16(2,3)14-6-4-5-7-15(14)17-21(19,20)13-10-8-12(18)9-11-13/h4-11,17-18H,1-3H3. The van der Waals surface area contributed by atoms with Gasteiger partial charge in [-0.05, 0) is 41.3 Å². The Bertz CT molecular complexity index is 729. The first-order valence-electron chi connectivity index (χ1n) is 6.61. The van der Waals surface area contributed by atoms with Crippen LogP contribution in [-0.2, 0) is 15.4 Å². The van der Waals surface area contributed by atoms with Gasteiger partial charge in [-0.3, -0.25) is 4.72 Å². The summed E-state index contributed by atoms with van der Waals surface area (Å²) in [6.45, 7) is 6.09. The Morgan fingerprint density at radius 3 is 2.10 bits per heavy atom. The molecule has 21 heavy (non-hydrogen) atoms. The summed E-state index contributed by atoms with van der Waals surface area (Å²) < 4.78 is 27.4. The summed E-state index contributed by atoms with van der Waals surface area (Å²) in [4.78, 5) is 0.115. The van der Waals surface area contributed by atoms with E-state index in [4.69, 9.17) is 0 Å². The normalized spacial score (nSPS) is 12.1. The van der Waals surface area contributed by atoms with Crippen molar-refractivity contribution in [2.75, 3.05) is 4.72 Å². The molecule has 0 bridgehead atoms. The highest BCUT2D eigenvalue weighted by Crippen LogP contribution is 2.30. The van der Waals surface area contributed by atoms with Gasteiger partial charge in [-0.2, -0.15) is 0 Å². The van der Waals surface area contributed by atoms with Gasteiger partial charge in [0, 0.05) is 0 Å². The lowest BCUT2D eigenvalue weighted by atomic mass is 9.86. The molecule has 5 heteroatoms. The number of para-hydroxylation sites is 1. The summed E-state index contributed by atoms with van der Waals surface area (Å²) in [7, 11) is -3.67. The molecule has 0 aromatic heterocycles. The number of phenolic OH excluding ortho intramolecular Hbond substituents is 1. The summed E-state index contributed by atoms with van der Waals surface area (Å²) in [5.74, 6) is 0.0315. The second-order valence-corrected chi connectivity index (χ2v) is 7.58. The number of benzene rings is 2. The van der Waals surface area contributed by atoms with Crippen molar-refractivity contribution in [2.45, 2.75) is 31.1 Å². The average Bonchev–Trinajstić information content (AvgIpc) is 2.38. The van der Waals surface area contributed by atoms with Crippen LogP contribution in [0.3, 0.4) is 0 Å². The number of hydrogen-bond donors (Lipinski definition) is 2. The molecule has 0 atom stereocenters. The molecule has 0 unspecified atom stereocenters. The van der Waals surface area contributed by atoms with Crippen molar-refractivity contribution < 1.29 is 13.5 Å². The lowest BCUT2D eigenvalue weighted by Crippen LogP contribution is -2.19. The van der Waals surface area contributed by atoms with Gasteiger partial charge in [0.05, 0.1) is 10.6 Å². The van der Waals surface area contributed by atoms with Crippen LogP contribution in [0, 0.1) is 0 Å². The molecule has 0 spiro atoms. The fourth-order valence-electron chi connectivity index (χ4n) is 2.06. The summed E-state index contributed by atoms with van der Waals surface area (Å²) in [6.07, 6.45) is 0. The van der Waals surface area contributed by atoms with E-state index in [2.05, 4.69) is 4.72 Å². The predicted octanol–water partition coefficient (Wildman–Crippen LogP) is 3.49. The Balaban J connectivity index is 2.40. The van der Waals surface area contributed by atoms with Crippen molar-refractivity contribution in [1.82, 2.24) is 0 Å². The van der Waals surface area contributed by atoms with Crippen LogP contribution in [0.1, 0.15) is 26.3 Å². The average molecular weight is 305 g/mol. The molecule has 0 saturated carbocycles. The molecule has 2 aromatic rings. The Morgan fingerprint density at radius 2 is 1.52 bits per heavy atom. The third-order valence-corrected chi connectivity index (χ3v) is 4.51. The summed E-state index contributed by atoms with van der Waals surface area (Å²) >= 11 is 0. The number of phenols is 1. The van der Waals surface area contributed by atoms with E-state index in [1.165, 1.54) is 24.3 Å². The van der Waals surface area contributed by atoms with E-state index in [9.17, 15) is 13.5 Å². The van der Waals surface area contributed by atoms with Gasteiger partial charge in [0.1, 0.15) is 5.75 Å². The molecule has 2 N–H and O–H groups in total. The Labute approximate surface area is 125 Å². The molecular formula is C16H19NO3S. The van der Waals surface area contributed by atoms with Crippen LogP contribution in [0.15, 0.2) is 53.4 Å². The second kappa shape index (κ2) is 5.41. The minimum Gasteiger partial charge on any atom is -0.508 e. The highest BCUT2D eigenvalue weighted by Gasteiger charge is 2.21. The van der Waals surface area contributed by atoms with E-state index in [0.29, 0.717) is 5.69 Å². The van der Waals surface area contributed by atoms with E-state index >= 15 is 0 Å². The minimum atomic E-state index is -3.67. The maximum absolute atomic E-state index is 12.4. The maximum atomic E-state index is 12.4. The number of rotatable bonds is 3. The molecule has 2 rings (SSSR count). The van der Waals surface area contributed by atoms with Crippen LogP contribution in [0.4, 0.5) is 5.69 Å². The number of nitrogens with one attached hydrogen (secondary N) is 1. The lowest BCUT2D eigenvalue weighted by molar-refractivity contribution is 0.475. The molecule has 4 nitrogen and oxygen atoms in total. The first-order chi connectivity index (χ1) is 9.70. The lowest BCUT2D eigenvalue weighted by Gasteiger charge is -2.23. The zero-order valence-electron chi connectivity index (χ0n) is 12.3. The molecule has 0 amide bonds. The Morgan fingerprint density at radius 1 is 0.952 bits per heavy atom. The van der Waals surface area contributed by atoms with Crippen LogP contribution >= 0.6 is 0 Å². The van der Waals surface area contributed by atoms with Gasteiger partial charge in [0.2, 0.25) is 0 Å². The number of hydrogen-bond acceptors (Lipinski definition) is 3. The van der Waals surface area contributed by atoms with E-state index < -0.39 is 10.0 Å². The highest BCUT2D eigenvalue weighted by molar-refractivity contribution is 7.92. The number of sulfonamides is 1. The third kappa shape index (κ3) is 3.55. The largest absolute Gasteiger partial charge is 0.508 e. The van der Waals surface area contributed by atoms with Crippen molar-refractivity contribution in [3.05, 3.63) is 54.1 Å². The van der Waals surface area contributed by atoms with Crippen LogP contribution in [0.2, 0.25) is 0 Å². The first-order valence-corrected chi connectivity index (χ1v) is 8.10. The third-order valence-electron chi connectivity index (χ3n) is 3.13. The first kappa shape index (κ1) is 15.4. The molecule has 0 fully saturated rings. The van der Waals surface area contributed by atoms with Crippen LogP contribution in [0.25, 0.3) is 0 Å². The monoisotopic (exact) mass is 305 g/mol. The molecule has 0 heterocycles. The van der Waals surface area contributed by atoms with Crippen LogP contribution < -0.4 is 4.72 Å². The van der Waals surface area contributed by atoms with Crippen molar-refractivity contribution in [2.24, 2.45) is 0 Å². The van der Waals surface area contributed by atoms with Crippen molar-refractivity contribution in [3.63, 3.8) is 0 Å². The van der Waals surface area contributed by atoms with Crippen molar-refractivity contribution in [1.29, 1.82) is 0 Å². The SMILES string of the molecule is CC(C)(C)c1ccccc1NS(=O)(=O)c1ccc(O)cc1. The van der Waals surface area contributed by atoms with Gasteiger partial charge < -0.3 is 5.11 Å². The van der Waals surface area contributed by atoms with Gasteiger partial charge in [-0.15, -0.1) is 0 Å². The molecular weight excluding hydrogens is 286 g/mol. The zero-order valence-corrected chi connectivity index (χ0v) is 13.1. The zero-order chi connectivity index (χ0) is 15.7. The van der Waals surface area contributed by atoms with E-state index in [1.54, 1.807) is 12.1 Å². The van der Waals surface area contributed by atoms with Crippen LogP contribution in [-0.4, -0.2) is 13.5 Å². The van der Waals surface area contributed by atoms with E-state index in [0.717, 1.165) is 5.56 Å². The van der Waals surface area contributed by atoms with Crippen molar-refractivity contribution in [3.8, 4) is 5.75 Å². The predicted molar refractivity (Wildman–Crippen MR) is 84.1 cm³/mol. The van der Waals surface area contributed by atoms with Crippen molar-refractivity contribution >= 4 is 15.7 Å². The number of aromatic hydroxyl groups is 1. The fraction of sp³-hybridized carbons (Fsp3) is 0.250. The molecule has 0 saturated heterocycles. The molecule has 0 radical (unpaired) electrons. The molecule has 112 valence electrons. The quantitative estimate of drug-likeness (QED) is 0.912. The summed E-state index contributed by atoms with van der Waals surface area (Å²) in [6, 6.07) is 12.8. The van der Waals surface area contributed by atoms with Crippen LogP contribution in [0.5, 0.6) is 5.75 Å². The highest BCUT2D eigenvalue weighted by atomic mass is 32.2. The van der Waals surface area contributed by atoms with Gasteiger partial charge in [0.15, 0.2) is 0 Å². The molecule has 0 aliphatic heterocycles. The summed E-state index contributed by atoms with van der Waals surface area (Å²) in [5.41, 5.74) is 1.32. The van der Waals surface area contributed by atoms with E-state index in [-0.39, 0.29) is 16.1 Å². The minimum absolute atomic E-state index is 0.0315. The molecule has 2 aromatic carbocycles. The fourth-order valence-corrected chi connectivity index (χ4v) is 3.13. The number of anilines is 1.